The summed E-state index contributed by atoms with van der Waals surface area (Å²) in [6, 6.07) is 2.60. The molecule has 0 atom stereocenters. The van der Waals surface area contributed by atoms with E-state index in [0.717, 1.165) is 12.1 Å². The van der Waals surface area contributed by atoms with Gasteiger partial charge >= 0.3 is 5.97 Å². The fourth-order valence-electron chi connectivity index (χ4n) is 0.697. The molecule has 0 fully saturated rings. The Balaban J connectivity index is 2.66. The van der Waals surface area contributed by atoms with Crippen molar-refractivity contribution < 1.29 is 23.4 Å². The first-order valence-corrected chi connectivity index (χ1v) is 4.00. The van der Waals surface area contributed by atoms with Crippen LogP contribution in [-0.2, 0) is 9.68 Å². The fraction of sp³-hybridized carbons (Fsp3) is 0.100. The monoisotopic (exact) mass is 214 g/mol. The molecule has 0 heterocycles. The smallest absolute Gasteiger partial charge is 0.283 e. The molecule has 0 radical (unpaired) electrons. The Morgan fingerprint density at radius 3 is 2.60 bits per heavy atom. The molecule has 0 aliphatic carbocycles. The van der Waals surface area contributed by atoms with Crippen LogP contribution in [0.15, 0.2) is 30.4 Å². The van der Waals surface area contributed by atoms with Gasteiger partial charge in [-0.25, -0.2) is 18.5 Å². The second-order valence-corrected chi connectivity index (χ2v) is 2.81. The van der Waals surface area contributed by atoms with Crippen LogP contribution in [0.1, 0.15) is 6.92 Å². The van der Waals surface area contributed by atoms with E-state index in [4.69, 9.17) is 0 Å². The maximum Gasteiger partial charge on any atom is 0.381 e. The minimum absolute atomic E-state index is 0.109. The van der Waals surface area contributed by atoms with Gasteiger partial charge in [0, 0.05) is 11.6 Å². The zero-order valence-electron chi connectivity index (χ0n) is 7.92. The highest BCUT2D eigenvalue weighted by Gasteiger charge is 2.10. The summed E-state index contributed by atoms with van der Waals surface area (Å²) in [7, 11) is 0. The predicted octanol–water partition coefficient (Wildman–Crippen LogP) is 2.38. The van der Waals surface area contributed by atoms with E-state index in [1.807, 2.05) is 0 Å². The third-order valence-corrected chi connectivity index (χ3v) is 1.45. The summed E-state index contributed by atoms with van der Waals surface area (Å²) in [5, 5.41) is 0. The normalized spacial score (nSPS) is 9.53. The lowest BCUT2D eigenvalue weighted by atomic mass is 10.3. The maximum atomic E-state index is 12.9. The summed E-state index contributed by atoms with van der Waals surface area (Å²) in [4.78, 5) is 19.4. The number of halogens is 2. The molecule has 0 saturated heterocycles. The largest absolute Gasteiger partial charge is 0.381 e. The molecule has 0 N–H and O–H groups in total. The van der Waals surface area contributed by atoms with Gasteiger partial charge in [0.05, 0.1) is 0 Å². The zero-order chi connectivity index (χ0) is 11.4. The fourth-order valence-corrected chi connectivity index (χ4v) is 0.697. The van der Waals surface area contributed by atoms with Gasteiger partial charge < -0.3 is 0 Å². The molecule has 1 rings (SSSR count). The molecule has 0 aliphatic rings. The van der Waals surface area contributed by atoms with Crippen molar-refractivity contribution in [2.24, 2.45) is 0 Å². The van der Waals surface area contributed by atoms with Crippen LogP contribution in [0.3, 0.4) is 0 Å². The van der Waals surface area contributed by atoms with Gasteiger partial charge in [0.25, 0.3) is 0 Å². The molecule has 0 aliphatic heterocycles. The van der Waals surface area contributed by atoms with Crippen molar-refractivity contribution in [1.29, 1.82) is 0 Å². The lowest BCUT2D eigenvalue weighted by molar-refractivity contribution is -0.209. The van der Waals surface area contributed by atoms with E-state index in [2.05, 4.69) is 16.4 Å². The van der Waals surface area contributed by atoms with Gasteiger partial charge in [0.2, 0.25) is 5.75 Å². The Labute approximate surface area is 84.9 Å². The molecule has 0 spiro atoms. The second-order valence-electron chi connectivity index (χ2n) is 2.81. The van der Waals surface area contributed by atoms with E-state index in [1.54, 1.807) is 0 Å². The number of hydrogen-bond acceptors (Lipinski definition) is 3. The van der Waals surface area contributed by atoms with E-state index < -0.39 is 17.6 Å². The van der Waals surface area contributed by atoms with Crippen LogP contribution in [0.4, 0.5) is 8.78 Å². The first kappa shape index (κ1) is 11.2. The maximum absolute atomic E-state index is 12.9. The first-order valence-electron chi connectivity index (χ1n) is 4.00. The summed E-state index contributed by atoms with van der Waals surface area (Å²) in [5.74, 6) is -2.89. The highest BCUT2D eigenvalue weighted by atomic mass is 19.1. The highest BCUT2D eigenvalue weighted by molar-refractivity contribution is 5.86. The second kappa shape index (κ2) is 4.54. The Hall–Kier alpha value is -1.91. The van der Waals surface area contributed by atoms with Crippen molar-refractivity contribution in [2.75, 3.05) is 0 Å². The van der Waals surface area contributed by atoms with Gasteiger partial charge in [-0.15, -0.1) is 0 Å². The van der Waals surface area contributed by atoms with Gasteiger partial charge in [-0.2, -0.15) is 0 Å². The van der Waals surface area contributed by atoms with Crippen molar-refractivity contribution in [3.05, 3.63) is 42.0 Å². The topological polar surface area (TPSA) is 35.5 Å². The van der Waals surface area contributed by atoms with E-state index in [0.29, 0.717) is 6.07 Å². The van der Waals surface area contributed by atoms with Gasteiger partial charge in [-0.1, -0.05) is 6.58 Å². The number of hydrogen-bond donors (Lipinski definition) is 0. The van der Waals surface area contributed by atoms with Crippen LogP contribution in [0, 0.1) is 11.6 Å². The average Bonchev–Trinajstić information content (AvgIpc) is 2.15. The first-order chi connectivity index (χ1) is 7.00. The summed E-state index contributed by atoms with van der Waals surface area (Å²) < 4.78 is 25.4. The molecule has 80 valence electrons. The van der Waals surface area contributed by atoms with Gasteiger partial charge in [0.1, 0.15) is 5.82 Å². The van der Waals surface area contributed by atoms with Crippen LogP contribution in [-0.4, -0.2) is 5.97 Å². The lowest BCUT2D eigenvalue weighted by Crippen LogP contribution is -2.09. The average molecular weight is 214 g/mol. The molecule has 0 unspecified atom stereocenters. The Morgan fingerprint density at radius 2 is 2.07 bits per heavy atom. The summed E-state index contributed by atoms with van der Waals surface area (Å²) in [6.45, 7) is 4.71. The van der Waals surface area contributed by atoms with E-state index >= 15 is 0 Å². The molecule has 15 heavy (non-hydrogen) atoms. The Kier molecular flexibility index (Phi) is 3.38. The summed E-state index contributed by atoms with van der Waals surface area (Å²) in [6.07, 6.45) is 0. The zero-order valence-corrected chi connectivity index (χ0v) is 7.92. The molecule has 0 bridgehead atoms. The highest BCUT2D eigenvalue weighted by Crippen LogP contribution is 2.17. The lowest BCUT2D eigenvalue weighted by Gasteiger charge is -2.04. The van der Waals surface area contributed by atoms with Gasteiger partial charge in [-0.05, 0) is 19.1 Å². The van der Waals surface area contributed by atoms with Crippen molar-refractivity contribution in [1.82, 2.24) is 0 Å². The molecule has 3 nitrogen and oxygen atoms in total. The molecule has 0 aromatic heterocycles. The van der Waals surface area contributed by atoms with Crippen molar-refractivity contribution in [2.45, 2.75) is 6.92 Å². The van der Waals surface area contributed by atoms with Crippen LogP contribution >= 0.6 is 0 Å². The number of carbonyl (C=O) groups excluding carboxylic acids is 1. The van der Waals surface area contributed by atoms with Crippen molar-refractivity contribution in [3.8, 4) is 5.75 Å². The standard InChI is InChI=1S/C10H8F2O3/c1-6(2)10(13)15-14-9-4-3-7(11)5-8(9)12/h3-5H,1H2,2H3. The van der Waals surface area contributed by atoms with Crippen LogP contribution in [0.2, 0.25) is 0 Å². The quantitative estimate of drug-likeness (QED) is 0.440. The SMILES string of the molecule is C=C(C)C(=O)OOc1ccc(F)cc1F. The van der Waals surface area contributed by atoms with Gasteiger partial charge in [0.15, 0.2) is 5.82 Å². The van der Waals surface area contributed by atoms with Crippen LogP contribution < -0.4 is 4.89 Å². The van der Waals surface area contributed by atoms with E-state index in [-0.39, 0.29) is 11.3 Å². The molecule has 1 aromatic rings. The van der Waals surface area contributed by atoms with Crippen molar-refractivity contribution in [3.63, 3.8) is 0 Å². The molecule has 0 amide bonds. The Bertz CT molecular complexity index is 402. The minimum atomic E-state index is -0.954. The molecular weight excluding hydrogens is 206 g/mol. The number of benzene rings is 1. The third-order valence-electron chi connectivity index (χ3n) is 1.45. The molecule has 0 saturated carbocycles. The molecule has 5 heteroatoms. The molecule has 1 aromatic carbocycles. The molecular formula is C10H8F2O3. The summed E-state index contributed by atoms with van der Waals surface area (Å²) in [5.41, 5.74) is 0.109. The summed E-state index contributed by atoms with van der Waals surface area (Å²) >= 11 is 0. The van der Waals surface area contributed by atoms with Crippen molar-refractivity contribution >= 4 is 5.97 Å². The predicted molar refractivity (Wildman–Crippen MR) is 47.9 cm³/mol. The number of rotatable bonds is 3. The van der Waals surface area contributed by atoms with Crippen LogP contribution in [0.5, 0.6) is 5.75 Å². The van der Waals surface area contributed by atoms with Crippen LogP contribution in [0.25, 0.3) is 0 Å². The minimum Gasteiger partial charge on any atom is -0.283 e. The number of carbonyl (C=O) groups is 1. The van der Waals surface area contributed by atoms with E-state index in [9.17, 15) is 13.6 Å². The third kappa shape index (κ3) is 3.05. The van der Waals surface area contributed by atoms with Gasteiger partial charge in [-0.3, -0.25) is 4.89 Å². The van der Waals surface area contributed by atoms with E-state index in [1.165, 1.54) is 6.92 Å². The Morgan fingerprint density at radius 1 is 1.40 bits per heavy atom.